The highest BCUT2D eigenvalue weighted by molar-refractivity contribution is 6.33. The fraction of sp³-hybridized carbons (Fsp3) is 0.167. The average Bonchev–Trinajstić information content (AvgIpc) is 2.80. The molecule has 1 aromatic carbocycles. The molecule has 0 fully saturated rings. The number of benzene rings is 1. The van der Waals surface area contributed by atoms with Gasteiger partial charge in [-0.05, 0) is 24.6 Å². The van der Waals surface area contributed by atoms with E-state index in [0.29, 0.717) is 10.7 Å². The third kappa shape index (κ3) is 3.09. The number of aryl methyl sites for hydroxylation is 1. The van der Waals surface area contributed by atoms with Gasteiger partial charge in [-0.2, -0.15) is 5.26 Å². The van der Waals surface area contributed by atoms with Crippen LogP contribution in [-0.2, 0) is 11.3 Å². The Morgan fingerprint density at radius 3 is 3.05 bits per heavy atom. The lowest BCUT2D eigenvalue weighted by Crippen LogP contribution is -2.19. The molecule has 1 N–H and O–H groups in total. The summed E-state index contributed by atoms with van der Waals surface area (Å²) >= 11 is 6.02. The zero-order valence-corrected chi connectivity index (χ0v) is 10.8. The topological polar surface area (TPSA) is 83.6 Å². The third-order valence-corrected chi connectivity index (χ3v) is 2.74. The third-order valence-electron chi connectivity index (χ3n) is 2.43. The van der Waals surface area contributed by atoms with E-state index in [9.17, 15) is 4.79 Å². The van der Waals surface area contributed by atoms with Gasteiger partial charge in [0.05, 0.1) is 10.7 Å². The zero-order valence-electron chi connectivity index (χ0n) is 10.1. The molecule has 96 valence electrons. The SMILES string of the molecule is Cc1ccc(NC(=O)Cn2cnnc2C#N)c(Cl)c1. The van der Waals surface area contributed by atoms with E-state index in [1.807, 2.05) is 19.1 Å². The number of nitrogens with zero attached hydrogens (tertiary/aromatic N) is 4. The molecule has 19 heavy (non-hydrogen) atoms. The number of hydrogen-bond donors (Lipinski definition) is 1. The first-order valence-corrected chi connectivity index (χ1v) is 5.82. The summed E-state index contributed by atoms with van der Waals surface area (Å²) in [4.78, 5) is 11.8. The second-order valence-corrected chi connectivity index (χ2v) is 4.33. The van der Waals surface area contributed by atoms with Gasteiger partial charge in [0.1, 0.15) is 18.9 Å². The molecular weight excluding hydrogens is 266 g/mol. The second-order valence-electron chi connectivity index (χ2n) is 3.93. The van der Waals surface area contributed by atoms with Crippen molar-refractivity contribution < 1.29 is 4.79 Å². The molecule has 1 heterocycles. The molecule has 0 aliphatic rings. The molecule has 0 saturated heterocycles. The maximum Gasteiger partial charge on any atom is 0.244 e. The van der Waals surface area contributed by atoms with E-state index in [1.165, 1.54) is 10.9 Å². The first-order chi connectivity index (χ1) is 9.10. The summed E-state index contributed by atoms with van der Waals surface area (Å²) < 4.78 is 1.36. The van der Waals surface area contributed by atoms with Gasteiger partial charge < -0.3 is 5.32 Å². The van der Waals surface area contributed by atoms with Crippen LogP contribution in [0, 0.1) is 18.3 Å². The van der Waals surface area contributed by atoms with Crippen molar-refractivity contribution in [3.63, 3.8) is 0 Å². The first-order valence-electron chi connectivity index (χ1n) is 5.44. The largest absolute Gasteiger partial charge is 0.323 e. The lowest BCUT2D eigenvalue weighted by molar-refractivity contribution is -0.116. The molecule has 1 aromatic heterocycles. The van der Waals surface area contributed by atoms with Crippen molar-refractivity contribution in [3.8, 4) is 6.07 Å². The average molecular weight is 276 g/mol. The van der Waals surface area contributed by atoms with Gasteiger partial charge in [0, 0.05) is 0 Å². The van der Waals surface area contributed by atoms with Crippen LogP contribution in [-0.4, -0.2) is 20.7 Å². The van der Waals surface area contributed by atoms with Crippen molar-refractivity contribution in [2.24, 2.45) is 0 Å². The number of carbonyl (C=O) groups excluding carboxylic acids is 1. The van der Waals surface area contributed by atoms with Crippen LogP contribution in [0.4, 0.5) is 5.69 Å². The highest BCUT2D eigenvalue weighted by Gasteiger charge is 2.10. The van der Waals surface area contributed by atoms with Gasteiger partial charge in [-0.1, -0.05) is 17.7 Å². The molecule has 0 spiro atoms. The Morgan fingerprint density at radius 1 is 1.58 bits per heavy atom. The van der Waals surface area contributed by atoms with E-state index in [2.05, 4.69) is 15.5 Å². The maximum atomic E-state index is 11.8. The van der Waals surface area contributed by atoms with Crippen LogP contribution in [0.3, 0.4) is 0 Å². The number of carbonyl (C=O) groups is 1. The minimum absolute atomic E-state index is 0.0416. The summed E-state index contributed by atoms with van der Waals surface area (Å²) in [7, 11) is 0. The van der Waals surface area contributed by atoms with E-state index >= 15 is 0 Å². The van der Waals surface area contributed by atoms with Gasteiger partial charge in [-0.3, -0.25) is 9.36 Å². The fourth-order valence-electron chi connectivity index (χ4n) is 1.52. The highest BCUT2D eigenvalue weighted by Crippen LogP contribution is 2.22. The van der Waals surface area contributed by atoms with Crippen molar-refractivity contribution in [3.05, 3.63) is 40.9 Å². The van der Waals surface area contributed by atoms with E-state index in [1.54, 1.807) is 12.1 Å². The minimum atomic E-state index is -0.304. The number of nitrogens with one attached hydrogen (secondary N) is 1. The standard InChI is InChI=1S/C12H10ClN5O/c1-8-2-3-10(9(13)4-8)16-12(19)6-18-7-15-17-11(18)5-14/h2-4,7H,6H2,1H3,(H,16,19). The van der Waals surface area contributed by atoms with Crippen molar-refractivity contribution >= 4 is 23.2 Å². The maximum absolute atomic E-state index is 11.8. The molecule has 0 bridgehead atoms. The Hall–Kier alpha value is -2.39. The summed E-state index contributed by atoms with van der Waals surface area (Å²) in [5.41, 5.74) is 1.54. The summed E-state index contributed by atoms with van der Waals surface area (Å²) in [5, 5.41) is 19.0. The Morgan fingerprint density at radius 2 is 2.37 bits per heavy atom. The summed E-state index contributed by atoms with van der Waals surface area (Å²) in [6.45, 7) is 1.87. The van der Waals surface area contributed by atoms with Crippen molar-refractivity contribution in [2.45, 2.75) is 13.5 Å². The van der Waals surface area contributed by atoms with Crippen LogP contribution >= 0.6 is 11.6 Å². The van der Waals surface area contributed by atoms with E-state index in [0.717, 1.165) is 5.56 Å². The van der Waals surface area contributed by atoms with Gasteiger partial charge in [-0.25, -0.2) is 0 Å². The first kappa shape index (κ1) is 13.1. The van der Waals surface area contributed by atoms with Crippen LogP contribution in [0.25, 0.3) is 0 Å². The predicted molar refractivity (Wildman–Crippen MR) is 69.6 cm³/mol. The van der Waals surface area contributed by atoms with E-state index in [-0.39, 0.29) is 18.3 Å². The lowest BCUT2D eigenvalue weighted by Gasteiger charge is -2.08. The fourth-order valence-corrected chi connectivity index (χ4v) is 1.81. The van der Waals surface area contributed by atoms with E-state index < -0.39 is 0 Å². The van der Waals surface area contributed by atoms with Gasteiger partial charge in [0.15, 0.2) is 0 Å². The number of halogens is 1. The summed E-state index contributed by atoms with van der Waals surface area (Å²) in [6.07, 6.45) is 1.33. The number of anilines is 1. The molecule has 0 aliphatic heterocycles. The zero-order chi connectivity index (χ0) is 13.8. The monoisotopic (exact) mass is 275 g/mol. The van der Waals surface area contributed by atoms with Crippen LogP contribution in [0.5, 0.6) is 0 Å². The Kier molecular flexibility index (Phi) is 3.78. The molecule has 0 atom stereocenters. The van der Waals surface area contributed by atoms with Crippen molar-refractivity contribution in [2.75, 3.05) is 5.32 Å². The molecule has 0 unspecified atom stereocenters. The van der Waals surface area contributed by atoms with Crippen LogP contribution in [0.15, 0.2) is 24.5 Å². The van der Waals surface area contributed by atoms with Gasteiger partial charge in [-0.15, -0.1) is 10.2 Å². The molecular formula is C12H10ClN5O. The molecule has 2 rings (SSSR count). The number of rotatable bonds is 3. The van der Waals surface area contributed by atoms with Gasteiger partial charge >= 0.3 is 0 Å². The van der Waals surface area contributed by atoms with Crippen LogP contribution in [0.2, 0.25) is 5.02 Å². The minimum Gasteiger partial charge on any atom is -0.323 e. The Bertz CT molecular complexity index is 658. The second kappa shape index (κ2) is 5.50. The van der Waals surface area contributed by atoms with Crippen LogP contribution in [0.1, 0.15) is 11.4 Å². The van der Waals surface area contributed by atoms with Gasteiger partial charge in [0.25, 0.3) is 0 Å². The molecule has 1 amide bonds. The quantitative estimate of drug-likeness (QED) is 0.925. The molecule has 0 aliphatic carbocycles. The summed E-state index contributed by atoms with van der Waals surface area (Å²) in [6, 6.07) is 7.18. The molecule has 6 nitrogen and oxygen atoms in total. The molecule has 7 heteroatoms. The Balaban J connectivity index is 2.08. The number of amides is 1. The molecule has 2 aromatic rings. The molecule has 0 saturated carbocycles. The van der Waals surface area contributed by atoms with Crippen LogP contribution < -0.4 is 5.32 Å². The number of nitriles is 1. The number of aromatic nitrogens is 3. The predicted octanol–water partition coefficient (Wildman–Crippen LogP) is 1.75. The lowest BCUT2D eigenvalue weighted by atomic mass is 10.2. The molecule has 0 radical (unpaired) electrons. The van der Waals surface area contributed by atoms with Gasteiger partial charge in [0.2, 0.25) is 11.7 Å². The summed E-state index contributed by atoms with van der Waals surface area (Å²) in [5.74, 6) is -0.216. The smallest absolute Gasteiger partial charge is 0.244 e. The van der Waals surface area contributed by atoms with Crippen molar-refractivity contribution in [1.82, 2.24) is 14.8 Å². The number of hydrogen-bond acceptors (Lipinski definition) is 4. The van der Waals surface area contributed by atoms with Crippen molar-refractivity contribution in [1.29, 1.82) is 5.26 Å². The highest BCUT2D eigenvalue weighted by atomic mass is 35.5. The Labute approximate surface area is 114 Å². The van der Waals surface area contributed by atoms with E-state index in [4.69, 9.17) is 16.9 Å². The normalized spacial score (nSPS) is 9.95.